The highest BCUT2D eigenvalue weighted by Gasteiger charge is 2.20. The van der Waals surface area contributed by atoms with Crippen LogP contribution in [0.2, 0.25) is 0 Å². The fourth-order valence-corrected chi connectivity index (χ4v) is 3.42. The van der Waals surface area contributed by atoms with E-state index in [0.717, 1.165) is 44.1 Å². The van der Waals surface area contributed by atoms with Crippen LogP contribution >= 0.6 is 0 Å². The Labute approximate surface area is 157 Å². The van der Waals surface area contributed by atoms with E-state index >= 15 is 0 Å². The van der Waals surface area contributed by atoms with Gasteiger partial charge < -0.3 is 14.2 Å². The van der Waals surface area contributed by atoms with Crippen LogP contribution in [0.5, 0.6) is 0 Å². The van der Waals surface area contributed by atoms with Crippen LogP contribution in [0.15, 0.2) is 35.0 Å². The second kappa shape index (κ2) is 7.50. The quantitative estimate of drug-likeness (QED) is 0.738. The highest BCUT2D eigenvalue weighted by Crippen LogP contribution is 2.12. The van der Waals surface area contributed by atoms with Crippen molar-refractivity contribution < 1.29 is 9.32 Å². The monoisotopic (exact) mass is 368 g/mol. The summed E-state index contributed by atoms with van der Waals surface area (Å²) in [5.41, 5.74) is 3.25. The standard InChI is InChI=1S/C19H24N6O2/c1-14-4-3-5-18-20-16(12-25(14)18)11-23-6-8-24(9-7-23)13-19(26)21-17-10-15(2)27-22-17/h3-5,10,12H,6-9,11,13H2,1-2H3,(H,21,22,26). The molecule has 0 unspecified atom stereocenters. The predicted octanol–water partition coefficient (Wildman–Crippen LogP) is 1.70. The van der Waals surface area contributed by atoms with Crippen LogP contribution in [0.25, 0.3) is 5.65 Å². The first-order valence-corrected chi connectivity index (χ1v) is 9.18. The normalized spacial score (nSPS) is 16.1. The minimum Gasteiger partial charge on any atom is -0.360 e. The number of aryl methyl sites for hydroxylation is 2. The van der Waals surface area contributed by atoms with Crippen molar-refractivity contribution in [1.29, 1.82) is 0 Å². The second-order valence-electron chi connectivity index (χ2n) is 7.05. The zero-order chi connectivity index (χ0) is 18.8. The Morgan fingerprint density at radius 1 is 1.19 bits per heavy atom. The van der Waals surface area contributed by atoms with Gasteiger partial charge in [-0.15, -0.1) is 0 Å². The van der Waals surface area contributed by atoms with E-state index < -0.39 is 0 Å². The SMILES string of the molecule is Cc1cc(NC(=O)CN2CCN(Cc3cn4c(C)cccc4n3)CC2)no1. The number of hydrogen-bond donors (Lipinski definition) is 1. The lowest BCUT2D eigenvalue weighted by atomic mass is 10.3. The number of aromatic nitrogens is 3. The third-order valence-electron chi connectivity index (χ3n) is 4.86. The Bertz CT molecular complexity index is 939. The summed E-state index contributed by atoms with van der Waals surface area (Å²) in [6, 6.07) is 7.87. The first-order chi connectivity index (χ1) is 13.1. The van der Waals surface area contributed by atoms with Gasteiger partial charge in [-0.3, -0.25) is 14.6 Å². The maximum Gasteiger partial charge on any atom is 0.239 e. The maximum absolute atomic E-state index is 12.1. The minimum atomic E-state index is -0.0624. The number of piperazine rings is 1. The Balaban J connectivity index is 1.27. The summed E-state index contributed by atoms with van der Waals surface area (Å²) in [5.74, 6) is 1.09. The molecule has 1 amide bonds. The fraction of sp³-hybridized carbons (Fsp3) is 0.421. The molecule has 1 aliphatic heterocycles. The highest BCUT2D eigenvalue weighted by molar-refractivity contribution is 5.91. The van der Waals surface area contributed by atoms with E-state index in [1.807, 2.05) is 12.1 Å². The lowest BCUT2D eigenvalue weighted by Gasteiger charge is -2.33. The molecule has 1 N–H and O–H groups in total. The van der Waals surface area contributed by atoms with Gasteiger partial charge in [0.15, 0.2) is 5.82 Å². The molecule has 1 aliphatic rings. The van der Waals surface area contributed by atoms with Gasteiger partial charge in [0.1, 0.15) is 11.4 Å². The molecule has 4 heterocycles. The molecule has 0 radical (unpaired) electrons. The lowest BCUT2D eigenvalue weighted by Crippen LogP contribution is -2.48. The molecule has 3 aromatic heterocycles. The van der Waals surface area contributed by atoms with Gasteiger partial charge in [-0.05, 0) is 26.0 Å². The first-order valence-electron chi connectivity index (χ1n) is 9.18. The van der Waals surface area contributed by atoms with Crippen LogP contribution in [0, 0.1) is 13.8 Å². The summed E-state index contributed by atoms with van der Waals surface area (Å²) in [6.45, 7) is 8.64. The van der Waals surface area contributed by atoms with Gasteiger partial charge in [0.05, 0.1) is 12.2 Å². The Kier molecular flexibility index (Phi) is 4.91. The zero-order valence-corrected chi connectivity index (χ0v) is 15.7. The largest absolute Gasteiger partial charge is 0.360 e. The predicted molar refractivity (Wildman–Crippen MR) is 102 cm³/mol. The number of anilines is 1. The van der Waals surface area contributed by atoms with Crippen molar-refractivity contribution in [3.05, 3.63) is 47.6 Å². The Morgan fingerprint density at radius 3 is 2.67 bits per heavy atom. The molecule has 8 nitrogen and oxygen atoms in total. The molecule has 0 bridgehead atoms. The number of carbonyl (C=O) groups excluding carboxylic acids is 1. The topological polar surface area (TPSA) is 78.9 Å². The number of imidazole rings is 1. The molecular formula is C19H24N6O2. The van der Waals surface area contributed by atoms with Crippen LogP contribution in [-0.2, 0) is 11.3 Å². The molecule has 3 aromatic rings. The number of nitrogens with one attached hydrogen (secondary N) is 1. The number of carbonyl (C=O) groups is 1. The summed E-state index contributed by atoms with van der Waals surface area (Å²) < 4.78 is 7.09. The molecule has 0 atom stereocenters. The molecule has 1 fully saturated rings. The van der Waals surface area contributed by atoms with Crippen LogP contribution in [-0.4, -0.2) is 63.0 Å². The first kappa shape index (κ1) is 17.7. The van der Waals surface area contributed by atoms with Gasteiger partial charge >= 0.3 is 0 Å². The van der Waals surface area contributed by atoms with Crippen molar-refractivity contribution in [2.45, 2.75) is 20.4 Å². The molecule has 0 aliphatic carbocycles. The molecule has 0 saturated carbocycles. The summed E-state index contributed by atoms with van der Waals surface area (Å²) in [5, 5.41) is 6.56. The summed E-state index contributed by atoms with van der Waals surface area (Å²) >= 11 is 0. The van der Waals surface area contributed by atoms with Gasteiger partial charge in [0.25, 0.3) is 0 Å². The Morgan fingerprint density at radius 2 is 1.96 bits per heavy atom. The van der Waals surface area contributed by atoms with Gasteiger partial charge in [-0.2, -0.15) is 0 Å². The smallest absolute Gasteiger partial charge is 0.239 e. The van der Waals surface area contributed by atoms with Gasteiger partial charge in [0.2, 0.25) is 5.91 Å². The molecule has 142 valence electrons. The van der Waals surface area contributed by atoms with Crippen molar-refractivity contribution in [1.82, 2.24) is 24.3 Å². The van der Waals surface area contributed by atoms with Crippen LogP contribution in [0.1, 0.15) is 17.1 Å². The summed E-state index contributed by atoms with van der Waals surface area (Å²) in [7, 11) is 0. The maximum atomic E-state index is 12.1. The number of hydrogen-bond acceptors (Lipinski definition) is 6. The number of nitrogens with zero attached hydrogens (tertiary/aromatic N) is 5. The van der Waals surface area contributed by atoms with Crippen molar-refractivity contribution in [3.8, 4) is 0 Å². The number of pyridine rings is 1. The minimum absolute atomic E-state index is 0.0624. The summed E-state index contributed by atoms with van der Waals surface area (Å²) in [6.07, 6.45) is 2.12. The molecule has 8 heteroatoms. The molecule has 4 rings (SSSR count). The van der Waals surface area contributed by atoms with Crippen LogP contribution < -0.4 is 5.32 Å². The number of amides is 1. The lowest BCUT2D eigenvalue weighted by molar-refractivity contribution is -0.117. The molecule has 0 aromatic carbocycles. The highest BCUT2D eigenvalue weighted by atomic mass is 16.5. The van der Waals surface area contributed by atoms with Gasteiger partial charge in [-0.1, -0.05) is 11.2 Å². The third kappa shape index (κ3) is 4.17. The van der Waals surface area contributed by atoms with E-state index in [4.69, 9.17) is 9.51 Å². The van der Waals surface area contributed by atoms with Crippen LogP contribution in [0.4, 0.5) is 5.82 Å². The average Bonchev–Trinajstić information content (AvgIpc) is 3.23. The Hall–Kier alpha value is -2.71. The molecular weight excluding hydrogens is 344 g/mol. The van der Waals surface area contributed by atoms with Crippen LogP contribution in [0.3, 0.4) is 0 Å². The third-order valence-corrected chi connectivity index (χ3v) is 4.86. The van der Waals surface area contributed by atoms with E-state index in [-0.39, 0.29) is 5.91 Å². The zero-order valence-electron chi connectivity index (χ0n) is 15.7. The van der Waals surface area contributed by atoms with E-state index in [1.165, 1.54) is 5.69 Å². The molecule has 1 saturated heterocycles. The van der Waals surface area contributed by atoms with Crippen molar-refractivity contribution >= 4 is 17.4 Å². The van der Waals surface area contributed by atoms with Crippen molar-refractivity contribution in [2.24, 2.45) is 0 Å². The van der Waals surface area contributed by atoms with Gasteiger partial charge in [0, 0.05) is 50.7 Å². The van der Waals surface area contributed by atoms with E-state index in [0.29, 0.717) is 18.1 Å². The van der Waals surface area contributed by atoms with Crippen molar-refractivity contribution in [2.75, 3.05) is 38.0 Å². The second-order valence-corrected chi connectivity index (χ2v) is 7.05. The van der Waals surface area contributed by atoms with Crippen molar-refractivity contribution in [3.63, 3.8) is 0 Å². The average molecular weight is 368 g/mol. The number of fused-ring (bicyclic) bond motifs is 1. The van der Waals surface area contributed by atoms with Gasteiger partial charge in [-0.25, -0.2) is 4.98 Å². The summed E-state index contributed by atoms with van der Waals surface area (Å²) in [4.78, 5) is 21.4. The van der Waals surface area contributed by atoms with E-state index in [2.05, 4.69) is 43.9 Å². The van der Waals surface area contributed by atoms with E-state index in [9.17, 15) is 4.79 Å². The van der Waals surface area contributed by atoms with E-state index in [1.54, 1.807) is 13.0 Å². The molecule has 27 heavy (non-hydrogen) atoms. The fourth-order valence-electron chi connectivity index (χ4n) is 3.42. The number of rotatable bonds is 5. The molecule has 0 spiro atoms.